The molecule has 148 valence electrons. The molecule has 1 heterocycles. The number of nitrogens with zero attached hydrogens (tertiary/aromatic N) is 1. The monoisotopic (exact) mass is 374 g/mol. The summed E-state index contributed by atoms with van der Waals surface area (Å²) in [7, 11) is 0. The quantitative estimate of drug-likeness (QED) is 0.780. The van der Waals surface area contributed by atoms with Crippen molar-refractivity contribution in [3.63, 3.8) is 0 Å². The number of fused-ring (bicyclic) bond motifs is 1. The van der Waals surface area contributed by atoms with Gasteiger partial charge in [-0.25, -0.2) is 9.78 Å². The van der Waals surface area contributed by atoms with Gasteiger partial charge in [0.1, 0.15) is 11.1 Å². The van der Waals surface area contributed by atoms with Crippen molar-refractivity contribution < 1.29 is 19.1 Å². The third-order valence-corrected chi connectivity index (χ3v) is 4.34. The van der Waals surface area contributed by atoms with Gasteiger partial charge in [0, 0.05) is 5.57 Å². The molecule has 6 nitrogen and oxygen atoms in total. The highest BCUT2D eigenvalue weighted by Gasteiger charge is 2.28. The van der Waals surface area contributed by atoms with Gasteiger partial charge in [-0.3, -0.25) is 0 Å². The van der Waals surface area contributed by atoms with Crippen molar-refractivity contribution in [1.29, 1.82) is 0 Å². The summed E-state index contributed by atoms with van der Waals surface area (Å²) in [6.45, 7) is 10.9. The van der Waals surface area contributed by atoms with E-state index in [9.17, 15) is 9.90 Å². The maximum atomic E-state index is 12.0. The Morgan fingerprint density at radius 3 is 2.63 bits per heavy atom. The van der Waals surface area contributed by atoms with E-state index >= 15 is 0 Å². The fourth-order valence-corrected chi connectivity index (χ4v) is 2.57. The second-order valence-corrected chi connectivity index (χ2v) is 8.14. The van der Waals surface area contributed by atoms with Gasteiger partial charge >= 0.3 is 6.09 Å². The third kappa shape index (κ3) is 5.82. The van der Waals surface area contributed by atoms with Crippen LogP contribution in [0.25, 0.3) is 16.7 Å². The number of hydrogen-bond donors (Lipinski definition) is 2. The molecule has 1 aromatic carbocycles. The van der Waals surface area contributed by atoms with Crippen LogP contribution in [0.3, 0.4) is 0 Å². The Morgan fingerprint density at radius 2 is 2.04 bits per heavy atom. The summed E-state index contributed by atoms with van der Waals surface area (Å²) in [5, 5.41) is 12.6. The molecule has 0 bridgehead atoms. The van der Waals surface area contributed by atoms with E-state index < -0.39 is 17.2 Å². The predicted molar refractivity (Wildman–Crippen MR) is 107 cm³/mol. The fraction of sp³-hybridized carbons (Fsp3) is 0.524. The molecule has 0 saturated carbocycles. The van der Waals surface area contributed by atoms with Crippen molar-refractivity contribution in [2.75, 3.05) is 6.61 Å². The predicted octanol–water partition coefficient (Wildman–Crippen LogP) is 4.46. The van der Waals surface area contributed by atoms with E-state index in [2.05, 4.69) is 10.3 Å². The van der Waals surface area contributed by atoms with Crippen molar-refractivity contribution in [2.45, 2.75) is 65.5 Å². The van der Waals surface area contributed by atoms with E-state index in [-0.39, 0.29) is 6.61 Å². The summed E-state index contributed by atoms with van der Waals surface area (Å²) in [5.74, 6) is 0.622. The van der Waals surface area contributed by atoms with E-state index in [4.69, 9.17) is 9.15 Å². The van der Waals surface area contributed by atoms with E-state index in [1.807, 2.05) is 38.1 Å². The van der Waals surface area contributed by atoms with Gasteiger partial charge in [-0.1, -0.05) is 12.1 Å². The molecule has 2 aromatic rings. The molecule has 27 heavy (non-hydrogen) atoms. The Balaban J connectivity index is 2.07. The summed E-state index contributed by atoms with van der Waals surface area (Å²) in [6.07, 6.45) is 2.67. The molecule has 0 saturated heterocycles. The molecular formula is C21H30N2O4. The van der Waals surface area contributed by atoms with Gasteiger partial charge < -0.3 is 19.6 Å². The zero-order valence-corrected chi connectivity index (χ0v) is 17.0. The summed E-state index contributed by atoms with van der Waals surface area (Å²) in [5.41, 5.74) is 2.24. The van der Waals surface area contributed by atoms with E-state index in [1.165, 1.54) is 0 Å². The fourth-order valence-electron chi connectivity index (χ4n) is 2.57. The molecule has 0 unspecified atom stereocenters. The zero-order valence-electron chi connectivity index (χ0n) is 17.0. The molecule has 2 rings (SSSR count). The molecule has 0 aliphatic heterocycles. The normalized spacial score (nSPS) is 14.9. The van der Waals surface area contributed by atoms with Gasteiger partial charge in [0.25, 0.3) is 0 Å². The molecule has 2 N–H and O–H groups in total. The Labute approximate surface area is 160 Å². The second-order valence-electron chi connectivity index (χ2n) is 8.14. The third-order valence-electron chi connectivity index (χ3n) is 4.34. The van der Waals surface area contributed by atoms with Crippen LogP contribution in [-0.4, -0.2) is 33.9 Å². The molecule has 1 aromatic heterocycles. The van der Waals surface area contributed by atoms with E-state index in [0.717, 1.165) is 22.2 Å². The molecule has 0 spiro atoms. The molecule has 0 aliphatic rings. The zero-order chi connectivity index (χ0) is 20.2. The molecule has 1 atom stereocenters. The molecular weight excluding hydrogens is 344 g/mol. The number of ether oxygens (including phenoxy) is 1. The minimum Gasteiger partial charge on any atom is -0.444 e. The highest BCUT2D eigenvalue weighted by Crippen LogP contribution is 2.23. The molecule has 0 fully saturated rings. The van der Waals surface area contributed by atoms with Gasteiger partial charge in [-0.05, 0) is 72.1 Å². The Morgan fingerprint density at radius 1 is 1.33 bits per heavy atom. The number of aromatic nitrogens is 1. The number of amides is 1. The van der Waals surface area contributed by atoms with E-state index in [0.29, 0.717) is 18.7 Å². The number of carbonyl (C=O) groups is 1. The lowest BCUT2D eigenvalue weighted by Crippen LogP contribution is -2.50. The van der Waals surface area contributed by atoms with Crippen LogP contribution < -0.4 is 5.32 Å². The topological polar surface area (TPSA) is 84.6 Å². The van der Waals surface area contributed by atoms with Gasteiger partial charge in [-0.15, -0.1) is 0 Å². The molecule has 6 heteroatoms. The van der Waals surface area contributed by atoms with Gasteiger partial charge in [0.05, 0.1) is 12.1 Å². The van der Waals surface area contributed by atoms with Crippen LogP contribution in [0.5, 0.6) is 0 Å². The van der Waals surface area contributed by atoms with Crippen LogP contribution in [0.2, 0.25) is 0 Å². The lowest BCUT2D eigenvalue weighted by molar-refractivity contribution is 0.0407. The second kappa shape index (κ2) is 8.13. The number of aliphatic hydroxyl groups excluding tert-OH is 1. The van der Waals surface area contributed by atoms with Crippen molar-refractivity contribution in [1.82, 2.24) is 10.3 Å². The van der Waals surface area contributed by atoms with Gasteiger partial charge in [0.2, 0.25) is 5.89 Å². The van der Waals surface area contributed by atoms with Crippen LogP contribution in [0.4, 0.5) is 4.79 Å². The number of oxazole rings is 1. The van der Waals surface area contributed by atoms with Crippen molar-refractivity contribution in [3.05, 3.63) is 35.7 Å². The Hall–Kier alpha value is -2.34. The molecule has 0 radical (unpaired) electrons. The maximum Gasteiger partial charge on any atom is 0.408 e. The molecule has 0 aliphatic carbocycles. The standard InChI is InChI=1S/C21H30N2O4/c1-7-14(2)18-22-16-12-15(8-9-17(16)26-18)10-11-21(6,13-24)23-19(25)27-20(3,4)5/h7-9,12,24H,10-11,13H2,1-6H3,(H,23,25)/t21-/m1/s1. The highest BCUT2D eigenvalue weighted by molar-refractivity contribution is 5.76. The number of aryl methyl sites for hydroxylation is 1. The van der Waals surface area contributed by atoms with Crippen molar-refractivity contribution in [2.24, 2.45) is 0 Å². The number of allylic oxidation sites excluding steroid dienone is 2. The van der Waals surface area contributed by atoms with E-state index in [1.54, 1.807) is 27.7 Å². The smallest absolute Gasteiger partial charge is 0.408 e. The average molecular weight is 374 g/mol. The van der Waals surface area contributed by atoms with Gasteiger partial charge in [-0.2, -0.15) is 0 Å². The Bertz CT molecular complexity index is 832. The van der Waals surface area contributed by atoms with Crippen molar-refractivity contribution >= 4 is 22.8 Å². The number of carbonyl (C=O) groups excluding carboxylic acids is 1. The lowest BCUT2D eigenvalue weighted by atomic mass is 9.94. The number of alkyl carbamates (subject to hydrolysis) is 1. The number of hydrogen-bond acceptors (Lipinski definition) is 5. The summed E-state index contributed by atoms with van der Waals surface area (Å²) < 4.78 is 11.0. The van der Waals surface area contributed by atoms with Crippen molar-refractivity contribution in [3.8, 4) is 0 Å². The largest absolute Gasteiger partial charge is 0.444 e. The van der Waals surface area contributed by atoms with Crippen LogP contribution in [-0.2, 0) is 11.2 Å². The van der Waals surface area contributed by atoms with Crippen LogP contribution in [0.15, 0.2) is 28.7 Å². The SMILES string of the molecule is CC=C(C)c1nc2cc(CC[C@](C)(CO)NC(=O)OC(C)(C)C)ccc2o1. The summed E-state index contributed by atoms with van der Waals surface area (Å²) in [4.78, 5) is 16.6. The number of rotatable bonds is 6. The first kappa shape index (κ1) is 21.0. The number of benzene rings is 1. The first-order chi connectivity index (χ1) is 12.5. The van der Waals surface area contributed by atoms with Gasteiger partial charge in [0.15, 0.2) is 5.58 Å². The average Bonchev–Trinajstić information content (AvgIpc) is 3.00. The highest BCUT2D eigenvalue weighted by atomic mass is 16.6. The molecule has 1 amide bonds. The van der Waals surface area contributed by atoms with Crippen LogP contribution >= 0.6 is 0 Å². The first-order valence-electron chi connectivity index (χ1n) is 9.20. The minimum absolute atomic E-state index is 0.177. The lowest BCUT2D eigenvalue weighted by Gasteiger charge is -2.30. The Kier molecular flexibility index (Phi) is 6.31. The summed E-state index contributed by atoms with van der Waals surface area (Å²) >= 11 is 0. The van der Waals surface area contributed by atoms with Crippen LogP contribution in [0.1, 0.15) is 59.4 Å². The minimum atomic E-state index is -0.770. The number of nitrogens with one attached hydrogen (secondary N) is 1. The maximum absolute atomic E-state index is 12.0. The van der Waals surface area contributed by atoms with Crippen LogP contribution in [0, 0.1) is 0 Å². The summed E-state index contributed by atoms with van der Waals surface area (Å²) in [6, 6.07) is 5.87. The first-order valence-corrected chi connectivity index (χ1v) is 9.20. The number of aliphatic hydroxyl groups is 1.